The number of rotatable bonds is 4. The van der Waals surface area contributed by atoms with E-state index in [-0.39, 0.29) is 0 Å². The fourth-order valence-electron chi connectivity index (χ4n) is 3.39. The van der Waals surface area contributed by atoms with Gasteiger partial charge in [-0.1, -0.05) is 23.7 Å². The molecule has 0 saturated carbocycles. The molecule has 3 nitrogen and oxygen atoms in total. The van der Waals surface area contributed by atoms with Crippen LogP contribution in [0.3, 0.4) is 0 Å². The Bertz CT molecular complexity index is 423. The second kappa shape index (κ2) is 5.80. The van der Waals surface area contributed by atoms with Crippen LogP contribution in [0.25, 0.3) is 0 Å². The number of hydrogen-bond acceptors (Lipinski definition) is 3. The van der Waals surface area contributed by atoms with E-state index < -0.39 is 6.10 Å². The molecule has 0 aliphatic carbocycles. The average Bonchev–Trinajstić information content (AvgIpc) is 3.00. The molecule has 2 aliphatic heterocycles. The minimum atomic E-state index is -0.451. The van der Waals surface area contributed by atoms with E-state index in [1.807, 2.05) is 24.3 Å². The zero-order valence-electron chi connectivity index (χ0n) is 11.1. The minimum absolute atomic E-state index is 0.451. The van der Waals surface area contributed by atoms with Crippen LogP contribution in [-0.2, 0) is 0 Å². The van der Waals surface area contributed by atoms with Crippen LogP contribution < -0.4 is 5.32 Å². The van der Waals surface area contributed by atoms with Gasteiger partial charge in [-0.2, -0.15) is 0 Å². The third-order valence-corrected chi connectivity index (χ3v) is 4.69. The number of benzene rings is 1. The fraction of sp³-hybridized carbons (Fsp3) is 0.600. The van der Waals surface area contributed by atoms with Gasteiger partial charge in [-0.15, -0.1) is 0 Å². The number of halogens is 1. The van der Waals surface area contributed by atoms with Crippen molar-refractivity contribution >= 4 is 11.6 Å². The van der Waals surface area contributed by atoms with Crippen LogP contribution in [0, 0.1) is 0 Å². The number of nitrogens with one attached hydrogen (secondary N) is 1. The first-order chi connectivity index (χ1) is 9.24. The first-order valence-corrected chi connectivity index (χ1v) is 7.53. The molecule has 0 aromatic heterocycles. The predicted octanol–water partition coefficient (Wildman–Crippen LogP) is 2.20. The lowest BCUT2D eigenvalue weighted by Crippen LogP contribution is -2.40. The van der Waals surface area contributed by atoms with Gasteiger partial charge in [-0.25, -0.2) is 0 Å². The first-order valence-electron chi connectivity index (χ1n) is 7.15. The molecule has 104 valence electrons. The third-order valence-electron chi connectivity index (χ3n) is 4.43. The Kier molecular flexibility index (Phi) is 4.08. The van der Waals surface area contributed by atoms with Gasteiger partial charge in [0.1, 0.15) is 0 Å². The van der Waals surface area contributed by atoms with Crippen molar-refractivity contribution < 1.29 is 5.11 Å². The summed E-state index contributed by atoms with van der Waals surface area (Å²) < 4.78 is 0. The summed E-state index contributed by atoms with van der Waals surface area (Å²) in [7, 11) is 0. The lowest BCUT2D eigenvalue weighted by molar-refractivity contribution is 0.166. The van der Waals surface area contributed by atoms with E-state index in [4.69, 9.17) is 11.6 Å². The van der Waals surface area contributed by atoms with E-state index in [1.165, 1.54) is 32.4 Å². The summed E-state index contributed by atoms with van der Waals surface area (Å²) in [4.78, 5) is 2.58. The molecule has 2 N–H and O–H groups in total. The topological polar surface area (TPSA) is 35.5 Å². The first kappa shape index (κ1) is 13.4. The van der Waals surface area contributed by atoms with Crippen molar-refractivity contribution in [3.05, 3.63) is 34.9 Å². The van der Waals surface area contributed by atoms with Crippen molar-refractivity contribution in [2.24, 2.45) is 0 Å². The third kappa shape index (κ3) is 2.95. The standard InChI is InChI=1S/C15H21ClN2O/c16-12-5-3-11(4-6-12)15(19)10-17-13-7-9-18-8-1-2-14(13)18/h3-6,13-15,17,19H,1-2,7-10H2. The summed E-state index contributed by atoms with van der Waals surface area (Å²) in [6.07, 6.45) is 3.38. The van der Waals surface area contributed by atoms with Crippen molar-refractivity contribution in [3.63, 3.8) is 0 Å². The molecule has 0 amide bonds. The lowest BCUT2D eigenvalue weighted by Gasteiger charge is -2.23. The SMILES string of the molecule is OC(CNC1CCN2CCCC12)c1ccc(Cl)cc1. The van der Waals surface area contributed by atoms with Gasteiger partial charge in [0.05, 0.1) is 6.10 Å². The van der Waals surface area contributed by atoms with Gasteiger partial charge in [0, 0.05) is 30.2 Å². The Morgan fingerprint density at radius 3 is 2.84 bits per heavy atom. The molecule has 4 heteroatoms. The second-order valence-corrected chi connectivity index (χ2v) is 6.05. The molecule has 19 heavy (non-hydrogen) atoms. The molecule has 0 radical (unpaired) electrons. The zero-order chi connectivity index (χ0) is 13.2. The predicted molar refractivity (Wildman–Crippen MR) is 77.4 cm³/mol. The molecule has 0 spiro atoms. The molecular formula is C15H21ClN2O. The number of hydrogen-bond donors (Lipinski definition) is 2. The van der Waals surface area contributed by atoms with E-state index in [2.05, 4.69) is 10.2 Å². The van der Waals surface area contributed by atoms with Crippen molar-refractivity contribution in [2.45, 2.75) is 37.5 Å². The molecule has 2 saturated heterocycles. The van der Waals surface area contributed by atoms with E-state index in [9.17, 15) is 5.11 Å². The highest BCUT2D eigenvalue weighted by atomic mass is 35.5. The van der Waals surface area contributed by atoms with Gasteiger partial charge < -0.3 is 10.4 Å². The van der Waals surface area contributed by atoms with Gasteiger partial charge in [-0.3, -0.25) is 4.90 Å². The lowest BCUT2D eigenvalue weighted by atomic mass is 10.1. The maximum absolute atomic E-state index is 10.2. The summed E-state index contributed by atoms with van der Waals surface area (Å²) >= 11 is 5.86. The molecule has 2 aliphatic rings. The van der Waals surface area contributed by atoms with Gasteiger partial charge in [0.25, 0.3) is 0 Å². The highest BCUT2D eigenvalue weighted by molar-refractivity contribution is 6.30. The monoisotopic (exact) mass is 280 g/mol. The molecule has 2 heterocycles. The van der Waals surface area contributed by atoms with Crippen molar-refractivity contribution in [1.29, 1.82) is 0 Å². The summed E-state index contributed by atoms with van der Waals surface area (Å²) in [6.45, 7) is 3.08. The van der Waals surface area contributed by atoms with Crippen LogP contribution >= 0.6 is 11.6 Å². The number of fused-ring (bicyclic) bond motifs is 1. The van der Waals surface area contributed by atoms with Crippen LogP contribution in [0.15, 0.2) is 24.3 Å². The van der Waals surface area contributed by atoms with Crippen LogP contribution in [0.1, 0.15) is 30.9 Å². The fourth-order valence-corrected chi connectivity index (χ4v) is 3.51. The van der Waals surface area contributed by atoms with Crippen molar-refractivity contribution in [2.75, 3.05) is 19.6 Å². The van der Waals surface area contributed by atoms with Crippen molar-refractivity contribution in [3.8, 4) is 0 Å². The van der Waals surface area contributed by atoms with Crippen LogP contribution in [0.4, 0.5) is 0 Å². The number of nitrogens with zero attached hydrogens (tertiary/aromatic N) is 1. The van der Waals surface area contributed by atoms with E-state index in [0.29, 0.717) is 23.7 Å². The molecular weight excluding hydrogens is 260 g/mol. The molecule has 3 unspecified atom stereocenters. The van der Waals surface area contributed by atoms with Crippen LogP contribution in [0.5, 0.6) is 0 Å². The number of aliphatic hydroxyl groups is 1. The molecule has 1 aromatic rings. The van der Waals surface area contributed by atoms with Gasteiger partial charge in [-0.05, 0) is 43.5 Å². The Morgan fingerprint density at radius 2 is 2.05 bits per heavy atom. The average molecular weight is 281 g/mol. The second-order valence-electron chi connectivity index (χ2n) is 5.62. The summed E-state index contributed by atoms with van der Waals surface area (Å²) in [5.41, 5.74) is 0.929. The van der Waals surface area contributed by atoms with Crippen LogP contribution in [0.2, 0.25) is 5.02 Å². The van der Waals surface area contributed by atoms with Crippen LogP contribution in [-0.4, -0.2) is 41.7 Å². The zero-order valence-corrected chi connectivity index (χ0v) is 11.8. The summed E-state index contributed by atoms with van der Waals surface area (Å²) in [5, 5.41) is 14.4. The molecule has 0 bridgehead atoms. The Hall–Kier alpha value is -0.610. The smallest absolute Gasteiger partial charge is 0.0914 e. The van der Waals surface area contributed by atoms with E-state index in [1.54, 1.807) is 0 Å². The molecule has 1 aromatic carbocycles. The Morgan fingerprint density at radius 1 is 1.26 bits per heavy atom. The number of aliphatic hydroxyl groups excluding tert-OH is 1. The van der Waals surface area contributed by atoms with Gasteiger partial charge in [0.15, 0.2) is 0 Å². The largest absolute Gasteiger partial charge is 0.387 e. The maximum atomic E-state index is 10.2. The highest BCUT2D eigenvalue weighted by Gasteiger charge is 2.36. The van der Waals surface area contributed by atoms with Crippen molar-refractivity contribution in [1.82, 2.24) is 10.2 Å². The quantitative estimate of drug-likeness (QED) is 0.888. The normalized spacial score (nSPS) is 28.5. The molecule has 3 atom stereocenters. The Labute approximate surface area is 119 Å². The minimum Gasteiger partial charge on any atom is -0.387 e. The molecule has 2 fully saturated rings. The maximum Gasteiger partial charge on any atom is 0.0914 e. The highest BCUT2D eigenvalue weighted by Crippen LogP contribution is 2.28. The molecule has 3 rings (SSSR count). The Balaban J connectivity index is 1.53. The van der Waals surface area contributed by atoms with Gasteiger partial charge >= 0.3 is 0 Å². The van der Waals surface area contributed by atoms with Gasteiger partial charge in [0.2, 0.25) is 0 Å². The van der Waals surface area contributed by atoms with E-state index in [0.717, 1.165) is 5.56 Å². The summed E-state index contributed by atoms with van der Waals surface area (Å²) in [5.74, 6) is 0. The van der Waals surface area contributed by atoms with E-state index >= 15 is 0 Å². The summed E-state index contributed by atoms with van der Waals surface area (Å²) in [6, 6.07) is 8.68.